The molecule has 0 saturated carbocycles. The van der Waals surface area contributed by atoms with Crippen LogP contribution in [0.15, 0.2) is 60.0 Å². The molecule has 0 aliphatic carbocycles. The number of rotatable bonds is 16. The second-order valence-electron chi connectivity index (χ2n) is 16.4. The average Bonchev–Trinajstić information content (AvgIpc) is 3.78. The minimum Gasteiger partial charge on any atom is -0.443 e. The maximum atomic E-state index is 13.9. The number of β-amino-alcohol motifs (C(OH)–C–C–N with tert-alkyl or cyclic N) is 1. The highest BCUT2D eigenvalue weighted by Gasteiger charge is 2.38. The van der Waals surface area contributed by atoms with E-state index in [1.165, 1.54) is 11.3 Å². The van der Waals surface area contributed by atoms with Gasteiger partial charge in [-0.05, 0) is 50.8 Å². The number of ether oxygens (including phenoxy) is 1. The van der Waals surface area contributed by atoms with Crippen molar-refractivity contribution in [3.63, 3.8) is 0 Å². The van der Waals surface area contributed by atoms with Gasteiger partial charge in [0.2, 0.25) is 11.8 Å². The van der Waals surface area contributed by atoms with Crippen LogP contribution in [0.1, 0.15) is 70.6 Å². The molecule has 2 aromatic carbocycles. The Balaban J connectivity index is 1.24. The number of nitrogens with zero attached hydrogens (tertiary/aromatic N) is 3. The summed E-state index contributed by atoms with van der Waals surface area (Å²) in [4.78, 5) is 49.3. The summed E-state index contributed by atoms with van der Waals surface area (Å²) in [6.45, 7) is 16.6. The van der Waals surface area contributed by atoms with Crippen molar-refractivity contribution in [1.82, 2.24) is 30.7 Å². The third-order valence-electron chi connectivity index (χ3n) is 9.94. The molecule has 0 unspecified atom stereocenters. The first kappa shape index (κ1) is 41.9. The van der Waals surface area contributed by atoms with Gasteiger partial charge < -0.3 is 36.4 Å². The number of amides is 3. The number of fused-ring (bicyclic) bond motifs is 1. The molecule has 4 atom stereocenters. The highest BCUT2D eigenvalue weighted by molar-refractivity contribution is 7.09. The van der Waals surface area contributed by atoms with Gasteiger partial charge in [0.05, 0.1) is 40.1 Å². The largest absolute Gasteiger partial charge is 0.443 e. The van der Waals surface area contributed by atoms with Crippen molar-refractivity contribution >= 4 is 40.6 Å². The molecular formula is C41H60N8O5S. The van der Waals surface area contributed by atoms with E-state index in [4.69, 9.17) is 4.74 Å². The van der Waals surface area contributed by atoms with Gasteiger partial charge in [-0.2, -0.15) is 0 Å². The predicted octanol–water partition coefficient (Wildman–Crippen LogP) is 4.62. The fourth-order valence-electron chi connectivity index (χ4n) is 6.94. The first-order valence-electron chi connectivity index (χ1n) is 19.4. The van der Waals surface area contributed by atoms with Crippen molar-refractivity contribution < 1.29 is 24.2 Å². The zero-order valence-corrected chi connectivity index (χ0v) is 34.1. The molecule has 6 N–H and O–H groups in total. The number of piperazine rings is 1. The molecule has 14 heteroatoms. The molecule has 0 radical (unpaired) electrons. The molecule has 0 spiro atoms. The van der Waals surface area contributed by atoms with E-state index in [0.29, 0.717) is 44.2 Å². The van der Waals surface area contributed by atoms with Crippen LogP contribution in [0, 0.1) is 11.8 Å². The summed E-state index contributed by atoms with van der Waals surface area (Å²) >= 11 is 1.54. The van der Waals surface area contributed by atoms with Gasteiger partial charge in [0.15, 0.2) is 0 Å². The lowest BCUT2D eigenvalue weighted by atomic mass is 9.93. The fourth-order valence-corrected chi connectivity index (χ4v) is 7.76. The minimum absolute atomic E-state index is 0.00691. The monoisotopic (exact) mass is 776 g/mol. The molecule has 0 bridgehead atoms. The summed E-state index contributed by atoms with van der Waals surface area (Å²) < 4.78 is 5.41. The predicted molar refractivity (Wildman–Crippen MR) is 218 cm³/mol. The highest BCUT2D eigenvalue weighted by Crippen LogP contribution is 2.29. The van der Waals surface area contributed by atoms with Crippen molar-refractivity contribution in [3.05, 3.63) is 76.2 Å². The Kier molecular flexibility index (Phi) is 14.5. The third kappa shape index (κ3) is 12.4. The van der Waals surface area contributed by atoms with Gasteiger partial charge in [0, 0.05) is 56.1 Å². The van der Waals surface area contributed by atoms with Gasteiger partial charge in [-0.15, -0.1) is 11.3 Å². The van der Waals surface area contributed by atoms with E-state index >= 15 is 0 Å². The Hall–Kier alpha value is -4.24. The molecule has 300 valence electrons. The third-order valence-corrected chi connectivity index (χ3v) is 11.1. The number of hydrogen-bond acceptors (Lipinski definition) is 11. The van der Waals surface area contributed by atoms with Crippen LogP contribution >= 0.6 is 11.3 Å². The van der Waals surface area contributed by atoms with Gasteiger partial charge in [-0.1, -0.05) is 70.2 Å². The number of aliphatic hydroxyl groups is 1. The normalized spacial score (nSPS) is 18.2. The topological polar surface area (TPSA) is 160 Å². The van der Waals surface area contributed by atoms with Crippen molar-refractivity contribution in [2.75, 3.05) is 49.9 Å². The lowest BCUT2D eigenvalue weighted by Crippen LogP contribution is -2.64. The number of anilines is 2. The van der Waals surface area contributed by atoms with Crippen LogP contribution in [0.5, 0.6) is 0 Å². The molecule has 2 aliphatic rings. The zero-order valence-electron chi connectivity index (χ0n) is 33.3. The van der Waals surface area contributed by atoms with Gasteiger partial charge >= 0.3 is 6.09 Å². The van der Waals surface area contributed by atoms with Gasteiger partial charge in [0.1, 0.15) is 18.8 Å². The Morgan fingerprint density at radius 2 is 1.67 bits per heavy atom. The van der Waals surface area contributed by atoms with E-state index in [1.807, 2.05) is 99.5 Å². The van der Waals surface area contributed by atoms with E-state index in [2.05, 4.69) is 50.3 Å². The number of aliphatic hydroxyl groups excluding tert-OH is 1. The first-order chi connectivity index (χ1) is 26.1. The van der Waals surface area contributed by atoms with Crippen molar-refractivity contribution in [2.45, 2.75) is 97.3 Å². The van der Waals surface area contributed by atoms with E-state index < -0.39 is 35.7 Å². The van der Waals surface area contributed by atoms with Crippen LogP contribution in [0.4, 0.5) is 16.2 Å². The SMILES string of the molecule is CC(C)c1nc(COC(=O)NC[C@@H](C(=O)N[C@H](Cc2ccccc2)[C@@H](O)CN2CCN(CC3Nc4ccccc4N3)C[C@@H]2C(=O)NC(C)(C)C)C(C)C)cs1. The molecule has 2 aliphatic heterocycles. The fraction of sp³-hybridized carbons (Fsp3) is 0.561. The average molecular weight is 777 g/mol. The van der Waals surface area contributed by atoms with Crippen molar-refractivity contribution in [1.29, 1.82) is 0 Å². The molecule has 5 rings (SSSR count). The molecule has 3 aromatic rings. The summed E-state index contributed by atoms with van der Waals surface area (Å²) in [7, 11) is 0. The van der Waals surface area contributed by atoms with Gasteiger partial charge in [-0.3, -0.25) is 19.4 Å². The molecular weight excluding hydrogens is 717 g/mol. The summed E-state index contributed by atoms with van der Waals surface area (Å²) in [5, 5.41) is 30.9. The number of thiazole rings is 1. The van der Waals surface area contributed by atoms with Crippen LogP contribution in [-0.4, -0.2) is 107 Å². The van der Waals surface area contributed by atoms with Gasteiger partial charge in [-0.25, -0.2) is 9.78 Å². The van der Waals surface area contributed by atoms with E-state index in [1.54, 1.807) is 0 Å². The first-order valence-corrected chi connectivity index (χ1v) is 20.3. The quantitative estimate of drug-likeness (QED) is 0.121. The number of carbonyl (C=O) groups is 3. The molecule has 1 saturated heterocycles. The standard InChI is InChI=1S/C41H60N8O5S/c1-26(2)30(20-42-40(53)54-24-29-25-55-39(43-29)27(3)4)37(51)46-33(19-28-13-9-8-10-14-28)35(50)22-49-18-17-48(21-34(49)38(52)47-41(5,6)7)23-36-44-31-15-11-12-16-32(31)45-36/h8-16,25-27,30,33-36,44-45,50H,17-24H2,1-7H3,(H,42,53)(H,46,51)(H,47,52)/t30-,33-,34-,35+/m1/s1. The van der Waals surface area contributed by atoms with Crippen molar-refractivity contribution in [2.24, 2.45) is 11.8 Å². The molecule has 3 heterocycles. The Labute approximate surface area is 330 Å². The van der Waals surface area contributed by atoms with E-state index in [0.717, 1.165) is 21.9 Å². The minimum atomic E-state index is -0.993. The Morgan fingerprint density at radius 3 is 2.29 bits per heavy atom. The number of hydrogen-bond donors (Lipinski definition) is 6. The maximum Gasteiger partial charge on any atom is 0.407 e. The number of carbonyl (C=O) groups excluding carboxylic acids is 3. The van der Waals surface area contributed by atoms with Gasteiger partial charge in [0.25, 0.3) is 0 Å². The van der Waals surface area contributed by atoms with E-state index in [9.17, 15) is 19.5 Å². The summed E-state index contributed by atoms with van der Waals surface area (Å²) in [5.41, 5.74) is 3.33. The Bertz CT molecular complexity index is 1690. The summed E-state index contributed by atoms with van der Waals surface area (Å²) in [6, 6.07) is 16.7. The molecule has 55 heavy (non-hydrogen) atoms. The summed E-state index contributed by atoms with van der Waals surface area (Å²) in [6.07, 6.45) is -1.22. The smallest absolute Gasteiger partial charge is 0.407 e. The van der Waals surface area contributed by atoms with Crippen molar-refractivity contribution in [3.8, 4) is 0 Å². The second kappa shape index (κ2) is 19.1. The van der Waals surface area contributed by atoms with E-state index in [-0.39, 0.29) is 43.6 Å². The molecule has 13 nitrogen and oxygen atoms in total. The summed E-state index contributed by atoms with van der Waals surface area (Å²) in [5.74, 6) is -0.778. The second-order valence-corrected chi connectivity index (χ2v) is 17.3. The number of nitrogens with one attached hydrogen (secondary N) is 5. The number of aromatic nitrogens is 1. The van der Waals surface area contributed by atoms with Crippen LogP contribution in [-0.2, 0) is 27.4 Å². The number of para-hydroxylation sites is 2. The van der Waals surface area contributed by atoms with Crippen LogP contribution < -0.4 is 26.6 Å². The maximum absolute atomic E-state index is 13.9. The van der Waals surface area contributed by atoms with Crippen LogP contribution in [0.25, 0.3) is 0 Å². The molecule has 1 aromatic heterocycles. The van der Waals surface area contributed by atoms with Crippen LogP contribution in [0.2, 0.25) is 0 Å². The molecule has 3 amide bonds. The number of alkyl carbamates (subject to hydrolysis) is 1. The lowest BCUT2D eigenvalue weighted by Gasteiger charge is -2.43. The molecule has 1 fully saturated rings. The van der Waals surface area contributed by atoms with Crippen LogP contribution in [0.3, 0.4) is 0 Å². The zero-order chi connectivity index (χ0) is 39.7. The lowest BCUT2D eigenvalue weighted by molar-refractivity contribution is -0.132. The Morgan fingerprint density at radius 1 is 1.00 bits per heavy atom. The number of benzene rings is 2. The highest BCUT2D eigenvalue weighted by atomic mass is 32.1.